The van der Waals surface area contributed by atoms with E-state index in [0.29, 0.717) is 17.5 Å². The van der Waals surface area contributed by atoms with Gasteiger partial charge in [-0.05, 0) is 74.1 Å². The van der Waals surface area contributed by atoms with Crippen molar-refractivity contribution in [3.8, 4) is 78.7 Å². The second-order valence-electron chi connectivity index (χ2n) is 14.1. The smallest absolute Gasteiger partial charge is 0.164 e. The minimum atomic E-state index is -2.69. The Morgan fingerprint density at radius 3 is 1.47 bits per heavy atom. The molecule has 0 saturated heterocycles. The van der Waals surface area contributed by atoms with Gasteiger partial charge in [-0.2, -0.15) is 0 Å². The minimum absolute atomic E-state index is 0.618. The van der Waals surface area contributed by atoms with Gasteiger partial charge in [0.1, 0.15) is 7.14 Å². The van der Waals surface area contributed by atoms with Crippen molar-refractivity contribution in [3.05, 3.63) is 188 Å². The first kappa shape index (κ1) is 32.9. The maximum absolute atomic E-state index is 14.1. The molecule has 0 saturated carbocycles. The highest BCUT2D eigenvalue weighted by Gasteiger charge is 2.34. The summed E-state index contributed by atoms with van der Waals surface area (Å²) in [6.07, 6.45) is 0. The van der Waals surface area contributed by atoms with Crippen molar-refractivity contribution in [2.24, 2.45) is 0 Å². The van der Waals surface area contributed by atoms with Gasteiger partial charge in [0.25, 0.3) is 0 Å². The minimum Gasteiger partial charge on any atom is -0.314 e. The standard InChI is InChI=1S/C50H34N3OP/c1-55(54)46-22-11-10-21-44(46)45-28-27-38(32-47(45)55)41-30-29-40(42-19-8-9-20-43(41)42)34-23-25-36(26-24-34)49-51-48(35-15-6-3-7-16-35)52-50(53-49)39-18-12-17-37(31-39)33-13-4-2-5-14-33/h2-32H,1H3. The number of rotatable bonds is 6. The monoisotopic (exact) mass is 723 g/mol. The highest BCUT2D eigenvalue weighted by atomic mass is 31.2. The predicted octanol–water partition coefficient (Wildman–Crippen LogP) is 12.0. The molecule has 2 heterocycles. The number of hydrogen-bond acceptors (Lipinski definition) is 4. The molecule has 0 bridgehead atoms. The summed E-state index contributed by atoms with van der Waals surface area (Å²) in [5, 5.41) is 4.20. The zero-order valence-electron chi connectivity index (χ0n) is 30.1. The molecule has 1 aliphatic heterocycles. The Labute approximate surface area is 320 Å². The molecule has 1 aromatic heterocycles. The molecular weight excluding hydrogens is 690 g/mol. The van der Waals surface area contributed by atoms with E-state index < -0.39 is 7.14 Å². The van der Waals surface area contributed by atoms with Crippen molar-refractivity contribution in [1.82, 2.24) is 15.0 Å². The first-order valence-electron chi connectivity index (χ1n) is 18.4. The molecule has 0 amide bonds. The number of hydrogen-bond donors (Lipinski definition) is 0. The van der Waals surface area contributed by atoms with Crippen LogP contribution in [0.3, 0.4) is 0 Å². The maximum Gasteiger partial charge on any atom is 0.164 e. The Hall–Kier alpha value is -6.74. The molecule has 0 aliphatic carbocycles. The van der Waals surface area contributed by atoms with Gasteiger partial charge in [0, 0.05) is 27.3 Å². The SMILES string of the molecule is CP1(=O)c2ccccc2-c2ccc(-c3ccc(-c4ccc(-c5nc(-c6ccccc6)nc(-c6cccc(-c7ccccc7)c6)n5)cc4)c4ccccc34)cc21. The van der Waals surface area contributed by atoms with Crippen molar-refractivity contribution in [3.63, 3.8) is 0 Å². The number of fused-ring (bicyclic) bond motifs is 4. The van der Waals surface area contributed by atoms with Gasteiger partial charge in [-0.3, -0.25) is 0 Å². The van der Waals surface area contributed by atoms with Gasteiger partial charge >= 0.3 is 0 Å². The van der Waals surface area contributed by atoms with E-state index in [1.54, 1.807) is 0 Å². The summed E-state index contributed by atoms with van der Waals surface area (Å²) in [5.41, 5.74) is 11.6. The molecule has 0 spiro atoms. The lowest BCUT2D eigenvalue weighted by Crippen LogP contribution is -2.08. The third kappa shape index (κ3) is 5.79. The lowest BCUT2D eigenvalue weighted by molar-refractivity contribution is 0.591. The zero-order valence-corrected chi connectivity index (χ0v) is 31.0. The average molecular weight is 724 g/mol. The number of benzene rings is 8. The first-order valence-corrected chi connectivity index (χ1v) is 20.6. The van der Waals surface area contributed by atoms with Crippen LogP contribution in [-0.4, -0.2) is 21.6 Å². The van der Waals surface area contributed by atoms with E-state index in [2.05, 4.69) is 133 Å². The number of nitrogens with zero attached hydrogens (tertiary/aromatic N) is 3. The molecule has 1 aliphatic rings. The summed E-state index contributed by atoms with van der Waals surface area (Å²) < 4.78 is 14.1. The molecule has 9 aromatic rings. The van der Waals surface area contributed by atoms with E-state index in [0.717, 1.165) is 82.6 Å². The molecule has 0 fully saturated rings. The summed E-state index contributed by atoms with van der Waals surface area (Å²) in [6.45, 7) is 1.90. The second-order valence-corrected chi connectivity index (χ2v) is 16.9. The van der Waals surface area contributed by atoms with Gasteiger partial charge in [-0.1, -0.05) is 176 Å². The Kier molecular flexibility index (Phi) is 7.94. The molecular formula is C50H34N3OP. The molecule has 1 unspecified atom stereocenters. The van der Waals surface area contributed by atoms with Crippen LogP contribution in [-0.2, 0) is 4.57 Å². The normalized spacial score (nSPS) is 14.4. The fourth-order valence-electron chi connectivity index (χ4n) is 7.90. The van der Waals surface area contributed by atoms with Crippen LogP contribution in [0.2, 0.25) is 0 Å². The molecule has 55 heavy (non-hydrogen) atoms. The quantitative estimate of drug-likeness (QED) is 0.160. The van der Waals surface area contributed by atoms with Gasteiger partial charge < -0.3 is 4.57 Å². The highest BCUT2D eigenvalue weighted by molar-refractivity contribution is 7.79. The predicted molar refractivity (Wildman–Crippen MR) is 228 cm³/mol. The van der Waals surface area contributed by atoms with Crippen LogP contribution < -0.4 is 10.6 Å². The van der Waals surface area contributed by atoms with Crippen LogP contribution in [0.5, 0.6) is 0 Å². The van der Waals surface area contributed by atoms with Crippen LogP contribution in [0, 0.1) is 0 Å². The van der Waals surface area contributed by atoms with Crippen LogP contribution in [0.4, 0.5) is 0 Å². The van der Waals surface area contributed by atoms with Crippen molar-refractivity contribution in [2.45, 2.75) is 0 Å². The third-order valence-electron chi connectivity index (χ3n) is 10.7. The molecule has 0 radical (unpaired) electrons. The largest absolute Gasteiger partial charge is 0.314 e. The number of aromatic nitrogens is 3. The molecule has 4 nitrogen and oxygen atoms in total. The maximum atomic E-state index is 14.1. The van der Waals surface area contributed by atoms with E-state index in [-0.39, 0.29) is 0 Å². The van der Waals surface area contributed by atoms with Crippen molar-refractivity contribution >= 4 is 28.5 Å². The molecule has 5 heteroatoms. The van der Waals surface area contributed by atoms with Crippen LogP contribution in [0.25, 0.3) is 89.4 Å². The summed E-state index contributed by atoms with van der Waals surface area (Å²) in [6, 6.07) is 64.8. The van der Waals surface area contributed by atoms with E-state index in [4.69, 9.17) is 15.0 Å². The summed E-state index contributed by atoms with van der Waals surface area (Å²) in [7, 11) is -2.69. The third-order valence-corrected chi connectivity index (χ3v) is 13.3. The molecule has 8 aromatic carbocycles. The van der Waals surface area contributed by atoms with Gasteiger partial charge in [0.2, 0.25) is 0 Å². The lowest BCUT2D eigenvalue weighted by atomic mass is 9.91. The van der Waals surface area contributed by atoms with Gasteiger partial charge in [-0.15, -0.1) is 0 Å². The molecule has 1 atom stereocenters. The first-order chi connectivity index (χ1) is 27.0. The fraction of sp³-hybridized carbons (Fsp3) is 0.0200. The highest BCUT2D eigenvalue weighted by Crippen LogP contribution is 2.51. The van der Waals surface area contributed by atoms with Gasteiger partial charge in [0.05, 0.1) is 0 Å². The lowest BCUT2D eigenvalue weighted by Gasteiger charge is -2.14. The van der Waals surface area contributed by atoms with Crippen LogP contribution in [0.15, 0.2) is 188 Å². The van der Waals surface area contributed by atoms with E-state index in [1.165, 1.54) is 0 Å². The Morgan fingerprint density at radius 1 is 0.327 bits per heavy atom. The summed E-state index contributed by atoms with van der Waals surface area (Å²) in [4.78, 5) is 15.0. The second kappa shape index (κ2) is 13.3. The van der Waals surface area contributed by atoms with E-state index >= 15 is 0 Å². The van der Waals surface area contributed by atoms with Crippen molar-refractivity contribution < 1.29 is 4.57 Å². The van der Waals surface area contributed by atoms with Crippen molar-refractivity contribution in [2.75, 3.05) is 6.66 Å². The molecule has 260 valence electrons. The zero-order chi connectivity index (χ0) is 36.9. The molecule has 0 N–H and O–H groups in total. The van der Waals surface area contributed by atoms with Crippen LogP contribution in [0.1, 0.15) is 0 Å². The summed E-state index contributed by atoms with van der Waals surface area (Å²) >= 11 is 0. The van der Waals surface area contributed by atoms with Gasteiger partial charge in [-0.25, -0.2) is 15.0 Å². The van der Waals surface area contributed by atoms with E-state index in [9.17, 15) is 4.57 Å². The van der Waals surface area contributed by atoms with Crippen molar-refractivity contribution in [1.29, 1.82) is 0 Å². The average Bonchev–Trinajstić information content (AvgIpc) is 3.49. The van der Waals surface area contributed by atoms with Gasteiger partial charge in [0.15, 0.2) is 17.5 Å². The topological polar surface area (TPSA) is 55.7 Å². The Bertz CT molecular complexity index is 2960. The summed E-state index contributed by atoms with van der Waals surface area (Å²) in [5.74, 6) is 1.88. The van der Waals surface area contributed by atoms with Crippen LogP contribution >= 0.6 is 7.14 Å². The Balaban J connectivity index is 1.03. The molecule has 10 rings (SSSR count). The van der Waals surface area contributed by atoms with E-state index in [1.807, 2.05) is 61.3 Å². The fourth-order valence-corrected chi connectivity index (χ4v) is 10.2. The Morgan fingerprint density at radius 2 is 0.782 bits per heavy atom.